The van der Waals surface area contributed by atoms with Crippen molar-refractivity contribution in [2.24, 2.45) is 5.73 Å². The Bertz CT molecular complexity index is 200. The zero-order valence-corrected chi connectivity index (χ0v) is 6.26. The van der Waals surface area contributed by atoms with E-state index in [2.05, 4.69) is 11.4 Å². The average molecular weight is 153 g/mol. The van der Waals surface area contributed by atoms with Crippen LogP contribution in [0.4, 0.5) is 4.79 Å². The fraction of sp³-hybridized carbons (Fsp3) is 0.714. The van der Waals surface area contributed by atoms with Crippen molar-refractivity contribution in [2.75, 3.05) is 0 Å². The fourth-order valence-electron chi connectivity index (χ4n) is 1.48. The molecule has 1 aliphatic rings. The molecule has 1 aliphatic carbocycles. The van der Waals surface area contributed by atoms with E-state index >= 15 is 0 Å². The van der Waals surface area contributed by atoms with E-state index in [4.69, 9.17) is 11.0 Å². The molecule has 0 heterocycles. The molecule has 3 N–H and O–H groups in total. The predicted molar refractivity (Wildman–Crippen MR) is 39.5 cm³/mol. The molecule has 1 rings (SSSR count). The summed E-state index contributed by atoms with van der Waals surface area (Å²) in [5.74, 6) is 0. The van der Waals surface area contributed by atoms with Gasteiger partial charge < -0.3 is 11.1 Å². The van der Waals surface area contributed by atoms with Crippen molar-refractivity contribution >= 4 is 6.03 Å². The van der Waals surface area contributed by atoms with E-state index in [1.54, 1.807) is 0 Å². The van der Waals surface area contributed by atoms with Crippen LogP contribution in [0.15, 0.2) is 0 Å². The number of hydrogen-bond donors (Lipinski definition) is 2. The third kappa shape index (κ3) is 1.61. The Morgan fingerprint density at radius 1 is 1.55 bits per heavy atom. The van der Waals surface area contributed by atoms with Crippen LogP contribution in [0.1, 0.15) is 25.7 Å². The summed E-state index contributed by atoms with van der Waals surface area (Å²) in [5, 5.41) is 11.2. The Hall–Kier alpha value is -1.24. The molecule has 0 unspecified atom stereocenters. The predicted octanol–water partition coefficient (Wildman–Crippen LogP) is 0.491. The van der Waals surface area contributed by atoms with E-state index in [0.29, 0.717) is 0 Å². The summed E-state index contributed by atoms with van der Waals surface area (Å²) in [5.41, 5.74) is 4.27. The lowest BCUT2D eigenvalue weighted by Crippen LogP contribution is -2.47. The SMILES string of the molecule is N#CC1(NC(N)=O)CCCC1. The van der Waals surface area contributed by atoms with Crippen molar-refractivity contribution in [2.45, 2.75) is 31.2 Å². The van der Waals surface area contributed by atoms with Crippen LogP contribution >= 0.6 is 0 Å². The summed E-state index contributed by atoms with van der Waals surface area (Å²) < 4.78 is 0. The van der Waals surface area contributed by atoms with Gasteiger partial charge in [-0.1, -0.05) is 0 Å². The van der Waals surface area contributed by atoms with Crippen LogP contribution in [0, 0.1) is 11.3 Å². The summed E-state index contributed by atoms with van der Waals surface area (Å²) in [7, 11) is 0. The molecule has 0 saturated heterocycles. The Morgan fingerprint density at radius 2 is 2.09 bits per heavy atom. The first-order chi connectivity index (χ1) is 5.18. The quantitative estimate of drug-likeness (QED) is 0.575. The largest absolute Gasteiger partial charge is 0.352 e. The monoisotopic (exact) mass is 153 g/mol. The van der Waals surface area contributed by atoms with Crippen molar-refractivity contribution in [1.82, 2.24) is 5.32 Å². The van der Waals surface area contributed by atoms with Crippen LogP contribution in [-0.2, 0) is 0 Å². The zero-order valence-electron chi connectivity index (χ0n) is 6.26. The number of nitrogens with two attached hydrogens (primary N) is 1. The van der Waals surface area contributed by atoms with Gasteiger partial charge in [-0.05, 0) is 25.7 Å². The van der Waals surface area contributed by atoms with Crippen molar-refractivity contribution in [3.8, 4) is 6.07 Å². The van der Waals surface area contributed by atoms with Crippen LogP contribution in [-0.4, -0.2) is 11.6 Å². The molecule has 0 aromatic heterocycles. The molecule has 11 heavy (non-hydrogen) atoms. The summed E-state index contributed by atoms with van der Waals surface area (Å²) in [6, 6.07) is 1.49. The number of primary amides is 1. The molecule has 0 atom stereocenters. The second kappa shape index (κ2) is 2.79. The second-order valence-corrected chi connectivity index (χ2v) is 2.89. The minimum atomic E-state index is -0.661. The number of rotatable bonds is 1. The molecule has 4 nitrogen and oxygen atoms in total. The lowest BCUT2D eigenvalue weighted by molar-refractivity contribution is 0.240. The van der Waals surface area contributed by atoms with Crippen molar-refractivity contribution in [1.29, 1.82) is 5.26 Å². The van der Waals surface area contributed by atoms with Crippen molar-refractivity contribution < 1.29 is 4.79 Å². The van der Waals surface area contributed by atoms with Gasteiger partial charge in [-0.3, -0.25) is 0 Å². The number of hydrogen-bond acceptors (Lipinski definition) is 2. The minimum absolute atomic E-state index is 0.603. The van der Waals surface area contributed by atoms with Gasteiger partial charge in [-0.25, -0.2) is 4.79 Å². The van der Waals surface area contributed by atoms with E-state index in [1.807, 2.05) is 0 Å². The average Bonchev–Trinajstić information content (AvgIpc) is 2.36. The Morgan fingerprint density at radius 3 is 2.45 bits per heavy atom. The maximum absolute atomic E-state index is 10.5. The zero-order chi connectivity index (χ0) is 8.32. The van der Waals surface area contributed by atoms with Crippen LogP contribution in [0.25, 0.3) is 0 Å². The highest BCUT2D eigenvalue weighted by Crippen LogP contribution is 2.28. The van der Waals surface area contributed by atoms with Gasteiger partial charge in [0.1, 0.15) is 5.54 Å². The smallest absolute Gasteiger partial charge is 0.313 e. The number of urea groups is 1. The van der Waals surface area contributed by atoms with Crippen LogP contribution in [0.5, 0.6) is 0 Å². The number of carbonyl (C=O) groups excluding carboxylic acids is 1. The van der Waals surface area contributed by atoms with E-state index in [-0.39, 0.29) is 0 Å². The summed E-state index contributed by atoms with van der Waals surface area (Å²) in [6.45, 7) is 0. The van der Waals surface area contributed by atoms with Gasteiger partial charge in [0.05, 0.1) is 6.07 Å². The number of nitrogens with zero attached hydrogens (tertiary/aromatic N) is 1. The first-order valence-electron chi connectivity index (χ1n) is 3.67. The van der Waals surface area contributed by atoms with Gasteiger partial charge in [-0.2, -0.15) is 5.26 Å². The highest BCUT2D eigenvalue weighted by atomic mass is 16.2. The molecule has 0 aromatic carbocycles. The fourth-order valence-corrected chi connectivity index (χ4v) is 1.48. The Balaban J connectivity index is 2.61. The maximum Gasteiger partial charge on any atom is 0.313 e. The highest BCUT2D eigenvalue weighted by molar-refractivity contribution is 5.73. The van der Waals surface area contributed by atoms with Crippen molar-refractivity contribution in [3.05, 3.63) is 0 Å². The molecule has 1 fully saturated rings. The molecule has 0 aromatic rings. The molecule has 1 saturated carbocycles. The van der Waals surface area contributed by atoms with Crippen LogP contribution in [0.2, 0.25) is 0 Å². The normalized spacial score (nSPS) is 20.6. The highest BCUT2D eigenvalue weighted by Gasteiger charge is 2.34. The number of carbonyl (C=O) groups is 1. The van der Waals surface area contributed by atoms with Gasteiger partial charge in [-0.15, -0.1) is 0 Å². The second-order valence-electron chi connectivity index (χ2n) is 2.89. The molecular formula is C7H11N3O. The minimum Gasteiger partial charge on any atom is -0.352 e. The topological polar surface area (TPSA) is 78.9 Å². The molecule has 2 amide bonds. The maximum atomic E-state index is 10.5. The molecule has 60 valence electrons. The van der Waals surface area contributed by atoms with E-state index < -0.39 is 11.6 Å². The lowest BCUT2D eigenvalue weighted by Gasteiger charge is -2.19. The van der Waals surface area contributed by atoms with Gasteiger partial charge in [0.2, 0.25) is 0 Å². The lowest BCUT2D eigenvalue weighted by atomic mass is 10.0. The van der Waals surface area contributed by atoms with Gasteiger partial charge in [0.25, 0.3) is 0 Å². The third-order valence-corrected chi connectivity index (χ3v) is 2.03. The van der Waals surface area contributed by atoms with Gasteiger partial charge >= 0.3 is 6.03 Å². The molecule has 0 aliphatic heterocycles. The third-order valence-electron chi connectivity index (χ3n) is 2.03. The van der Waals surface area contributed by atoms with E-state index in [1.165, 1.54) is 0 Å². The summed E-state index contributed by atoms with van der Waals surface area (Å²) >= 11 is 0. The number of amides is 2. The molecule has 0 spiro atoms. The van der Waals surface area contributed by atoms with E-state index in [0.717, 1.165) is 25.7 Å². The van der Waals surface area contributed by atoms with E-state index in [9.17, 15) is 4.79 Å². The van der Waals surface area contributed by atoms with Crippen LogP contribution in [0.3, 0.4) is 0 Å². The van der Waals surface area contributed by atoms with Crippen molar-refractivity contribution in [3.63, 3.8) is 0 Å². The van der Waals surface area contributed by atoms with Gasteiger partial charge in [0.15, 0.2) is 0 Å². The first kappa shape index (κ1) is 7.86. The molecule has 0 radical (unpaired) electrons. The first-order valence-corrected chi connectivity index (χ1v) is 3.67. The Labute approximate surface area is 65.4 Å². The standard InChI is InChI=1S/C7H11N3O/c8-5-7(10-6(9)11)3-1-2-4-7/h1-4H2,(H3,9,10,11). The van der Waals surface area contributed by atoms with Gasteiger partial charge in [0, 0.05) is 0 Å². The summed E-state index contributed by atoms with van der Waals surface area (Å²) in [6.07, 6.45) is 3.44. The summed E-state index contributed by atoms with van der Waals surface area (Å²) in [4.78, 5) is 10.5. The molecule has 4 heteroatoms. The Kier molecular flexibility index (Phi) is 1.99. The molecular weight excluding hydrogens is 142 g/mol. The number of nitrogens with one attached hydrogen (secondary N) is 1. The number of nitriles is 1. The molecule has 0 bridgehead atoms. The van der Waals surface area contributed by atoms with Crippen LogP contribution < -0.4 is 11.1 Å².